The van der Waals surface area contributed by atoms with Gasteiger partial charge in [0.2, 0.25) is 10.0 Å². The highest BCUT2D eigenvalue weighted by Gasteiger charge is 2.20. The molecule has 0 bridgehead atoms. The molecule has 0 unspecified atom stereocenters. The zero-order chi connectivity index (χ0) is 15.8. The Morgan fingerprint density at radius 2 is 2.05 bits per heavy atom. The van der Waals surface area contributed by atoms with Crippen molar-refractivity contribution in [3.05, 3.63) is 41.1 Å². The van der Waals surface area contributed by atoms with Crippen molar-refractivity contribution in [3.8, 4) is 0 Å². The molecule has 2 aromatic rings. The first-order valence-corrected chi connectivity index (χ1v) is 7.82. The van der Waals surface area contributed by atoms with Crippen LogP contribution in [0.3, 0.4) is 0 Å². The minimum Gasteiger partial charge on any atom is -0.298 e. The number of anilines is 1. The molecular formula is C11H9F2N3O3S2. The molecule has 2 rings (SSSR count). The first-order valence-electron chi connectivity index (χ1n) is 5.45. The molecule has 1 heterocycles. The Balaban J connectivity index is 2.31. The molecule has 3 N–H and O–H groups in total. The molecule has 0 saturated heterocycles. The summed E-state index contributed by atoms with van der Waals surface area (Å²) in [5.41, 5.74) is -0.405. The van der Waals surface area contributed by atoms with Gasteiger partial charge >= 0.3 is 0 Å². The minimum atomic E-state index is -3.96. The summed E-state index contributed by atoms with van der Waals surface area (Å²) in [6.07, 6.45) is 0. The lowest BCUT2D eigenvalue weighted by molar-refractivity contribution is 0.102. The number of aromatic nitrogens is 1. The fourth-order valence-corrected chi connectivity index (χ4v) is 3.40. The third-order valence-corrected chi connectivity index (χ3v) is 5.06. The van der Waals surface area contributed by atoms with E-state index in [0.717, 1.165) is 12.1 Å². The van der Waals surface area contributed by atoms with E-state index >= 15 is 0 Å². The van der Waals surface area contributed by atoms with Crippen LogP contribution in [0.25, 0.3) is 0 Å². The number of hydrogen-bond acceptors (Lipinski definition) is 5. The summed E-state index contributed by atoms with van der Waals surface area (Å²) in [7, 11) is -3.96. The van der Waals surface area contributed by atoms with E-state index in [1.807, 2.05) is 0 Å². The topological polar surface area (TPSA) is 102 Å². The molecule has 1 aromatic carbocycles. The fraction of sp³-hybridized carbons (Fsp3) is 0.0909. The van der Waals surface area contributed by atoms with Crippen LogP contribution in [-0.2, 0) is 10.0 Å². The summed E-state index contributed by atoms with van der Waals surface area (Å²) in [5.74, 6) is -3.40. The predicted octanol–water partition coefficient (Wildman–Crippen LogP) is 1.63. The van der Waals surface area contributed by atoms with Crippen LogP contribution in [0.4, 0.5) is 13.9 Å². The maximum Gasteiger partial charge on any atom is 0.260 e. The first-order chi connectivity index (χ1) is 9.70. The molecule has 0 fully saturated rings. The monoisotopic (exact) mass is 333 g/mol. The van der Waals surface area contributed by atoms with Gasteiger partial charge in [0.15, 0.2) is 21.0 Å². The second-order valence-electron chi connectivity index (χ2n) is 3.99. The molecular weight excluding hydrogens is 324 g/mol. The van der Waals surface area contributed by atoms with E-state index in [2.05, 4.69) is 10.3 Å². The lowest BCUT2D eigenvalue weighted by Crippen LogP contribution is -2.14. The number of aryl methyl sites for hydroxylation is 1. The third-order valence-electron chi connectivity index (χ3n) is 2.43. The van der Waals surface area contributed by atoms with E-state index in [-0.39, 0.29) is 15.0 Å². The van der Waals surface area contributed by atoms with E-state index in [1.165, 1.54) is 13.0 Å². The average Bonchev–Trinajstić information content (AvgIpc) is 2.73. The van der Waals surface area contributed by atoms with Crippen LogP contribution in [0.1, 0.15) is 16.1 Å². The predicted molar refractivity (Wildman–Crippen MR) is 72.5 cm³/mol. The molecule has 0 aliphatic carbocycles. The van der Waals surface area contributed by atoms with Gasteiger partial charge in [-0.1, -0.05) is 17.4 Å². The van der Waals surface area contributed by atoms with Crippen LogP contribution in [0, 0.1) is 18.6 Å². The molecule has 10 heteroatoms. The number of hydrogen-bond donors (Lipinski definition) is 2. The van der Waals surface area contributed by atoms with Gasteiger partial charge < -0.3 is 0 Å². The number of nitrogens with one attached hydrogen (secondary N) is 1. The van der Waals surface area contributed by atoms with Gasteiger partial charge in [-0.15, -0.1) is 0 Å². The average molecular weight is 333 g/mol. The molecule has 0 aliphatic heterocycles. The number of benzene rings is 1. The highest BCUT2D eigenvalue weighted by atomic mass is 32.2. The SMILES string of the molecule is Cc1nc(NC(=O)c2cccc(F)c2F)sc1S(N)(=O)=O. The van der Waals surface area contributed by atoms with Crippen molar-refractivity contribution in [1.29, 1.82) is 0 Å². The Labute approximate surface area is 122 Å². The molecule has 112 valence electrons. The minimum absolute atomic E-state index is 0.0785. The Kier molecular flexibility index (Phi) is 4.03. The summed E-state index contributed by atoms with van der Waals surface area (Å²) >= 11 is 0.627. The number of nitrogens with two attached hydrogens (primary N) is 1. The zero-order valence-electron chi connectivity index (χ0n) is 10.6. The van der Waals surface area contributed by atoms with E-state index in [0.29, 0.717) is 11.3 Å². The lowest BCUT2D eigenvalue weighted by atomic mass is 10.2. The molecule has 0 atom stereocenters. The number of rotatable bonds is 3. The molecule has 1 amide bonds. The quantitative estimate of drug-likeness (QED) is 0.891. The molecule has 21 heavy (non-hydrogen) atoms. The largest absolute Gasteiger partial charge is 0.298 e. The molecule has 0 spiro atoms. The van der Waals surface area contributed by atoms with Crippen molar-refractivity contribution in [3.63, 3.8) is 0 Å². The van der Waals surface area contributed by atoms with Gasteiger partial charge in [0.1, 0.15) is 0 Å². The van der Waals surface area contributed by atoms with Gasteiger partial charge in [0.05, 0.1) is 11.3 Å². The highest BCUT2D eigenvalue weighted by molar-refractivity contribution is 7.91. The van der Waals surface area contributed by atoms with Crippen molar-refractivity contribution in [2.24, 2.45) is 5.14 Å². The molecule has 1 aromatic heterocycles. The van der Waals surface area contributed by atoms with Gasteiger partial charge in [-0.3, -0.25) is 10.1 Å². The van der Waals surface area contributed by atoms with Crippen LogP contribution >= 0.6 is 11.3 Å². The summed E-state index contributed by atoms with van der Waals surface area (Å²) in [5, 5.41) is 7.10. The number of thiazole rings is 1. The molecule has 0 radical (unpaired) electrons. The van der Waals surface area contributed by atoms with E-state index in [9.17, 15) is 22.0 Å². The smallest absolute Gasteiger partial charge is 0.260 e. The van der Waals surface area contributed by atoms with Gasteiger partial charge in [-0.2, -0.15) is 0 Å². The standard InChI is InChI=1S/C11H9F2N3O3S2/c1-5-10(21(14,18)19)20-11(15-5)16-9(17)6-3-2-4-7(12)8(6)13/h2-4H,1H3,(H2,14,18,19)(H,15,16,17). The van der Waals surface area contributed by atoms with Crippen molar-refractivity contribution in [1.82, 2.24) is 4.98 Å². The Morgan fingerprint density at radius 3 is 2.62 bits per heavy atom. The Hall–Kier alpha value is -1.91. The number of amides is 1. The van der Waals surface area contributed by atoms with Crippen LogP contribution in [0.5, 0.6) is 0 Å². The van der Waals surface area contributed by atoms with Crippen LogP contribution in [0.15, 0.2) is 22.4 Å². The second kappa shape index (κ2) is 5.47. The molecule has 0 saturated carbocycles. The Bertz CT molecular complexity index is 818. The summed E-state index contributed by atoms with van der Waals surface area (Å²) in [6, 6.07) is 3.14. The number of nitrogens with zero attached hydrogens (tertiary/aromatic N) is 1. The van der Waals surface area contributed by atoms with Crippen LogP contribution in [0.2, 0.25) is 0 Å². The maximum absolute atomic E-state index is 13.5. The highest BCUT2D eigenvalue weighted by Crippen LogP contribution is 2.26. The van der Waals surface area contributed by atoms with E-state index in [4.69, 9.17) is 5.14 Å². The molecule has 0 aliphatic rings. The molecule has 6 nitrogen and oxygen atoms in total. The van der Waals surface area contributed by atoms with Crippen LogP contribution in [-0.4, -0.2) is 19.3 Å². The van der Waals surface area contributed by atoms with Crippen molar-refractivity contribution in [2.75, 3.05) is 5.32 Å². The van der Waals surface area contributed by atoms with Gasteiger partial charge in [-0.25, -0.2) is 27.3 Å². The zero-order valence-corrected chi connectivity index (χ0v) is 12.2. The van der Waals surface area contributed by atoms with Gasteiger partial charge in [0, 0.05) is 0 Å². The maximum atomic E-state index is 13.5. The number of halogens is 2. The summed E-state index contributed by atoms with van der Waals surface area (Å²) in [6.45, 7) is 1.40. The first kappa shape index (κ1) is 15.5. The normalized spacial score (nSPS) is 11.4. The summed E-state index contributed by atoms with van der Waals surface area (Å²) in [4.78, 5) is 15.6. The van der Waals surface area contributed by atoms with Crippen molar-refractivity contribution >= 4 is 32.4 Å². The van der Waals surface area contributed by atoms with E-state index < -0.39 is 33.1 Å². The van der Waals surface area contributed by atoms with Crippen molar-refractivity contribution < 1.29 is 22.0 Å². The number of primary sulfonamides is 1. The van der Waals surface area contributed by atoms with E-state index in [1.54, 1.807) is 0 Å². The fourth-order valence-electron chi connectivity index (χ4n) is 1.54. The van der Waals surface area contributed by atoms with Crippen LogP contribution < -0.4 is 10.5 Å². The lowest BCUT2D eigenvalue weighted by Gasteiger charge is -2.03. The number of carbonyl (C=O) groups is 1. The van der Waals surface area contributed by atoms with Crippen molar-refractivity contribution in [2.45, 2.75) is 11.1 Å². The van der Waals surface area contributed by atoms with Gasteiger partial charge in [-0.05, 0) is 19.1 Å². The summed E-state index contributed by atoms with van der Waals surface area (Å²) < 4.78 is 48.8. The Morgan fingerprint density at radius 1 is 1.38 bits per heavy atom. The second-order valence-corrected chi connectivity index (χ2v) is 6.75. The van der Waals surface area contributed by atoms with Gasteiger partial charge in [0.25, 0.3) is 5.91 Å². The third kappa shape index (κ3) is 3.23. The number of sulfonamides is 1. The number of carbonyl (C=O) groups excluding carboxylic acids is 1.